The van der Waals surface area contributed by atoms with Gasteiger partial charge in [-0.3, -0.25) is 0 Å². The number of nitrogens with two attached hydrogens (primary N) is 1. The van der Waals surface area contributed by atoms with Crippen molar-refractivity contribution in [3.05, 3.63) is 18.3 Å². The Bertz CT molecular complexity index is 470. The summed E-state index contributed by atoms with van der Waals surface area (Å²) in [6, 6.07) is 3.04. The van der Waals surface area contributed by atoms with Crippen LogP contribution in [-0.4, -0.2) is 30.8 Å². The van der Waals surface area contributed by atoms with E-state index in [1.54, 1.807) is 0 Å². The first-order chi connectivity index (χ1) is 8.41. The van der Waals surface area contributed by atoms with Gasteiger partial charge in [-0.25, -0.2) is 19.2 Å². The summed E-state index contributed by atoms with van der Waals surface area (Å²) in [5.41, 5.74) is 2.36. The summed E-state index contributed by atoms with van der Waals surface area (Å²) in [7, 11) is -3.47. The normalized spacial score (nSPS) is 12.1. The van der Waals surface area contributed by atoms with E-state index in [1.807, 2.05) is 20.8 Å². The third-order valence-electron chi connectivity index (χ3n) is 2.44. The maximum atomic E-state index is 12.3. The summed E-state index contributed by atoms with van der Waals surface area (Å²) < 4.78 is 26.1. The Morgan fingerprint density at radius 1 is 1.44 bits per heavy atom. The molecular formula is C11H20N4O2S. The first kappa shape index (κ1) is 14.9. The van der Waals surface area contributed by atoms with Crippen molar-refractivity contribution >= 4 is 15.8 Å². The Kier molecular flexibility index (Phi) is 5.06. The van der Waals surface area contributed by atoms with Gasteiger partial charge in [0.1, 0.15) is 10.7 Å². The molecule has 0 aliphatic heterocycles. The van der Waals surface area contributed by atoms with E-state index in [4.69, 9.17) is 5.84 Å². The molecule has 1 aromatic heterocycles. The predicted molar refractivity (Wildman–Crippen MR) is 71.3 cm³/mol. The highest BCUT2D eigenvalue weighted by molar-refractivity contribution is 7.89. The third-order valence-corrected chi connectivity index (χ3v) is 4.37. The summed E-state index contributed by atoms with van der Waals surface area (Å²) in [5, 5.41) is 0. The first-order valence-electron chi connectivity index (χ1n) is 5.84. The van der Waals surface area contributed by atoms with E-state index >= 15 is 0 Å². The fraction of sp³-hybridized carbons (Fsp3) is 0.545. The molecule has 0 saturated heterocycles. The van der Waals surface area contributed by atoms with Crippen molar-refractivity contribution in [2.24, 2.45) is 11.8 Å². The summed E-state index contributed by atoms with van der Waals surface area (Å²) in [4.78, 5) is 4.10. The molecule has 1 heterocycles. The maximum Gasteiger partial charge on any atom is 0.244 e. The van der Waals surface area contributed by atoms with Gasteiger partial charge in [0.05, 0.1) is 0 Å². The van der Waals surface area contributed by atoms with Crippen LogP contribution in [0.4, 0.5) is 5.82 Å². The monoisotopic (exact) mass is 272 g/mol. The van der Waals surface area contributed by atoms with E-state index in [0.29, 0.717) is 18.9 Å². The number of nitrogen functional groups attached to an aromatic ring is 1. The molecule has 0 unspecified atom stereocenters. The van der Waals surface area contributed by atoms with E-state index in [1.165, 1.54) is 22.6 Å². The molecule has 0 radical (unpaired) electrons. The van der Waals surface area contributed by atoms with Gasteiger partial charge >= 0.3 is 0 Å². The van der Waals surface area contributed by atoms with Crippen LogP contribution in [-0.2, 0) is 10.0 Å². The summed E-state index contributed by atoms with van der Waals surface area (Å²) in [6.45, 7) is 6.73. The quantitative estimate of drug-likeness (QED) is 0.596. The highest BCUT2D eigenvalue weighted by Gasteiger charge is 2.23. The lowest BCUT2D eigenvalue weighted by atomic mass is 10.2. The van der Waals surface area contributed by atoms with Gasteiger partial charge in [-0.2, -0.15) is 4.31 Å². The second kappa shape index (κ2) is 6.12. The molecule has 0 atom stereocenters. The molecule has 102 valence electrons. The van der Waals surface area contributed by atoms with Gasteiger partial charge < -0.3 is 5.43 Å². The fourth-order valence-electron chi connectivity index (χ4n) is 1.57. The zero-order valence-corrected chi connectivity index (χ0v) is 11.7. The van der Waals surface area contributed by atoms with Crippen LogP contribution in [0.5, 0.6) is 0 Å². The number of hydrazine groups is 1. The minimum Gasteiger partial charge on any atom is -0.308 e. The van der Waals surface area contributed by atoms with Crippen LogP contribution in [0.3, 0.4) is 0 Å². The zero-order valence-electron chi connectivity index (χ0n) is 10.9. The van der Waals surface area contributed by atoms with E-state index in [0.717, 1.165) is 0 Å². The van der Waals surface area contributed by atoms with Crippen molar-refractivity contribution in [2.75, 3.05) is 18.5 Å². The summed E-state index contributed by atoms with van der Waals surface area (Å²) in [5.74, 6) is 5.90. The number of hydrogen-bond acceptors (Lipinski definition) is 5. The molecule has 6 nitrogen and oxygen atoms in total. The van der Waals surface area contributed by atoms with Crippen molar-refractivity contribution in [1.29, 1.82) is 0 Å². The molecule has 0 saturated carbocycles. The van der Waals surface area contributed by atoms with E-state index in [9.17, 15) is 8.42 Å². The molecule has 18 heavy (non-hydrogen) atoms. The largest absolute Gasteiger partial charge is 0.308 e. The van der Waals surface area contributed by atoms with E-state index < -0.39 is 10.0 Å². The second-order valence-corrected chi connectivity index (χ2v) is 6.31. The van der Waals surface area contributed by atoms with Gasteiger partial charge in [-0.05, 0) is 18.1 Å². The molecule has 0 fully saturated rings. The van der Waals surface area contributed by atoms with Gasteiger partial charge in [0.15, 0.2) is 0 Å². The number of nitrogens with zero attached hydrogens (tertiary/aromatic N) is 2. The summed E-state index contributed by atoms with van der Waals surface area (Å²) in [6.07, 6.45) is 1.31. The van der Waals surface area contributed by atoms with Crippen molar-refractivity contribution in [2.45, 2.75) is 25.7 Å². The lowest BCUT2D eigenvalue weighted by molar-refractivity contribution is 0.381. The van der Waals surface area contributed by atoms with Gasteiger partial charge in [0.25, 0.3) is 0 Å². The SMILES string of the molecule is CCN(CC(C)C)S(=O)(=O)c1ccc(NN)nc1. The van der Waals surface area contributed by atoms with Crippen LogP contribution < -0.4 is 11.3 Å². The highest BCUT2D eigenvalue weighted by atomic mass is 32.2. The molecular weight excluding hydrogens is 252 g/mol. The van der Waals surface area contributed by atoms with Crippen LogP contribution in [0.15, 0.2) is 23.2 Å². The molecule has 1 rings (SSSR count). The number of pyridine rings is 1. The van der Waals surface area contributed by atoms with Gasteiger partial charge in [-0.1, -0.05) is 20.8 Å². The molecule has 7 heteroatoms. The lowest BCUT2D eigenvalue weighted by Crippen LogP contribution is -2.34. The predicted octanol–water partition coefficient (Wildman–Crippen LogP) is 1.03. The van der Waals surface area contributed by atoms with Crippen molar-refractivity contribution < 1.29 is 8.42 Å². The minimum absolute atomic E-state index is 0.184. The first-order valence-corrected chi connectivity index (χ1v) is 7.28. The number of rotatable bonds is 6. The Morgan fingerprint density at radius 3 is 2.50 bits per heavy atom. The van der Waals surface area contributed by atoms with Crippen LogP contribution in [0, 0.1) is 5.92 Å². The number of anilines is 1. The number of sulfonamides is 1. The van der Waals surface area contributed by atoms with E-state index in [2.05, 4.69) is 10.4 Å². The third kappa shape index (κ3) is 3.41. The number of hydrogen-bond donors (Lipinski definition) is 2. The standard InChI is InChI=1S/C11H20N4O2S/c1-4-15(8-9(2)3)18(16,17)10-5-6-11(14-12)13-7-10/h5-7,9H,4,8,12H2,1-3H3,(H,13,14). The lowest BCUT2D eigenvalue weighted by Gasteiger charge is -2.22. The van der Waals surface area contributed by atoms with Gasteiger partial charge in [0, 0.05) is 19.3 Å². The molecule has 0 aliphatic carbocycles. The average molecular weight is 272 g/mol. The van der Waals surface area contributed by atoms with E-state index in [-0.39, 0.29) is 10.8 Å². The van der Waals surface area contributed by atoms with Gasteiger partial charge in [0.2, 0.25) is 10.0 Å². The van der Waals surface area contributed by atoms with Crippen molar-refractivity contribution in [3.63, 3.8) is 0 Å². The molecule has 0 bridgehead atoms. The minimum atomic E-state index is -3.47. The second-order valence-electron chi connectivity index (χ2n) is 4.37. The van der Waals surface area contributed by atoms with Gasteiger partial charge in [-0.15, -0.1) is 0 Å². The van der Waals surface area contributed by atoms with Crippen LogP contribution in [0.2, 0.25) is 0 Å². The Balaban J connectivity index is 3.02. The Morgan fingerprint density at radius 2 is 2.11 bits per heavy atom. The van der Waals surface area contributed by atoms with Crippen LogP contribution >= 0.6 is 0 Å². The smallest absolute Gasteiger partial charge is 0.244 e. The number of nitrogens with one attached hydrogen (secondary N) is 1. The average Bonchev–Trinajstić information content (AvgIpc) is 2.35. The van der Waals surface area contributed by atoms with Crippen molar-refractivity contribution in [3.8, 4) is 0 Å². The molecule has 0 aliphatic rings. The molecule has 3 N–H and O–H groups in total. The number of aromatic nitrogens is 1. The molecule has 0 amide bonds. The van der Waals surface area contributed by atoms with Crippen molar-refractivity contribution in [1.82, 2.24) is 9.29 Å². The van der Waals surface area contributed by atoms with Crippen LogP contribution in [0.25, 0.3) is 0 Å². The summed E-state index contributed by atoms with van der Waals surface area (Å²) >= 11 is 0. The fourth-order valence-corrected chi connectivity index (χ4v) is 3.13. The highest BCUT2D eigenvalue weighted by Crippen LogP contribution is 2.17. The molecule has 0 spiro atoms. The Labute approximate surface area is 108 Å². The topological polar surface area (TPSA) is 88.3 Å². The molecule has 1 aromatic rings. The molecule has 0 aromatic carbocycles. The maximum absolute atomic E-state index is 12.3. The van der Waals surface area contributed by atoms with Crippen LogP contribution in [0.1, 0.15) is 20.8 Å². The Hall–Kier alpha value is -1.18. The zero-order chi connectivity index (χ0) is 13.8.